The van der Waals surface area contributed by atoms with Crippen molar-refractivity contribution >= 4 is 23.2 Å². The van der Waals surface area contributed by atoms with E-state index in [4.69, 9.17) is 11.6 Å². The van der Waals surface area contributed by atoms with Gasteiger partial charge in [-0.1, -0.05) is 11.6 Å². The molecule has 0 spiro atoms. The molecular weight excluding hydrogens is 399 g/mol. The Balaban J connectivity index is 2.30. The number of nitrogens with one attached hydrogen (secondary N) is 3. The van der Waals surface area contributed by atoms with Crippen molar-refractivity contribution in [3.8, 4) is 5.88 Å². The monoisotopic (exact) mass is 417 g/mol. The minimum atomic E-state index is -4.99. The number of H-pyrrole nitrogens is 1. The lowest BCUT2D eigenvalue weighted by Gasteiger charge is -2.15. The average molecular weight is 418 g/mol. The summed E-state index contributed by atoms with van der Waals surface area (Å²) in [7, 11) is 0. The predicted octanol–water partition coefficient (Wildman–Crippen LogP) is 3.91. The van der Waals surface area contributed by atoms with Gasteiger partial charge in [0, 0.05) is 34.6 Å². The van der Waals surface area contributed by atoms with Crippen molar-refractivity contribution in [3.63, 3.8) is 0 Å². The summed E-state index contributed by atoms with van der Waals surface area (Å²) < 4.78 is 41.7. The van der Waals surface area contributed by atoms with Crippen LogP contribution in [0.4, 0.5) is 18.9 Å². The van der Waals surface area contributed by atoms with Crippen LogP contribution < -0.4 is 20.8 Å². The number of hydrogen-bond donors (Lipinski definition) is 3. The molecule has 0 unspecified atom stereocenters. The molecule has 0 saturated heterocycles. The summed E-state index contributed by atoms with van der Waals surface area (Å²) >= 11 is 6.04. The van der Waals surface area contributed by atoms with Crippen molar-refractivity contribution in [2.75, 3.05) is 11.9 Å². The van der Waals surface area contributed by atoms with Gasteiger partial charge in [-0.3, -0.25) is 9.59 Å². The Morgan fingerprint density at radius 2 is 1.93 bits per heavy atom. The van der Waals surface area contributed by atoms with E-state index in [2.05, 4.69) is 20.4 Å². The van der Waals surface area contributed by atoms with Gasteiger partial charge in [-0.25, -0.2) is 0 Å². The number of aryl methyl sites for hydroxylation is 1. The first kappa shape index (κ1) is 21.6. The summed E-state index contributed by atoms with van der Waals surface area (Å²) in [5, 5.41) is 5.84. The molecule has 10 heteroatoms. The molecule has 2 rings (SSSR count). The first-order valence-corrected chi connectivity index (χ1v) is 8.70. The molecule has 0 saturated carbocycles. The van der Waals surface area contributed by atoms with E-state index in [1.54, 1.807) is 13.0 Å². The van der Waals surface area contributed by atoms with E-state index in [0.29, 0.717) is 22.8 Å². The Morgan fingerprint density at radius 3 is 2.54 bits per heavy atom. The van der Waals surface area contributed by atoms with Gasteiger partial charge < -0.3 is 20.4 Å². The molecule has 6 nitrogen and oxygen atoms in total. The van der Waals surface area contributed by atoms with Crippen LogP contribution in [-0.4, -0.2) is 23.8 Å². The fourth-order valence-corrected chi connectivity index (χ4v) is 2.83. The maximum atomic E-state index is 12.6. The van der Waals surface area contributed by atoms with Crippen molar-refractivity contribution in [1.29, 1.82) is 0 Å². The third-order valence-electron chi connectivity index (χ3n) is 3.86. The summed E-state index contributed by atoms with van der Waals surface area (Å²) in [5.41, 5.74) is 0.683. The molecule has 0 radical (unpaired) electrons. The van der Waals surface area contributed by atoms with Gasteiger partial charge in [0.15, 0.2) is 5.43 Å². The highest BCUT2D eigenvalue weighted by Gasteiger charge is 2.33. The predicted molar refractivity (Wildman–Crippen MR) is 100 cm³/mol. The van der Waals surface area contributed by atoms with Crippen LogP contribution in [-0.2, 0) is 6.54 Å². The molecule has 3 N–H and O–H groups in total. The van der Waals surface area contributed by atoms with Crippen LogP contribution in [0.5, 0.6) is 5.88 Å². The molecule has 152 valence electrons. The lowest BCUT2D eigenvalue weighted by Crippen LogP contribution is -2.29. The number of aromatic nitrogens is 1. The Morgan fingerprint density at radius 1 is 1.25 bits per heavy atom. The Kier molecular flexibility index (Phi) is 6.60. The van der Waals surface area contributed by atoms with Crippen LogP contribution in [0.15, 0.2) is 23.0 Å². The zero-order valence-electron chi connectivity index (χ0n) is 15.4. The first-order valence-electron chi connectivity index (χ1n) is 8.32. The number of anilines is 1. The Labute approximate surface area is 164 Å². The van der Waals surface area contributed by atoms with E-state index in [1.165, 1.54) is 13.0 Å². The molecule has 0 aliphatic rings. The number of amides is 1. The fourth-order valence-electron chi connectivity index (χ4n) is 2.61. The van der Waals surface area contributed by atoms with Crippen molar-refractivity contribution < 1.29 is 22.7 Å². The lowest BCUT2D eigenvalue weighted by atomic mass is 10.1. The number of carbonyl (C=O) groups excluding carboxylic acids is 1. The maximum absolute atomic E-state index is 12.6. The lowest BCUT2D eigenvalue weighted by molar-refractivity contribution is -0.276. The second-order valence-electron chi connectivity index (χ2n) is 6.01. The summed E-state index contributed by atoms with van der Waals surface area (Å²) in [6, 6.07) is 4.23. The number of aromatic amines is 1. The summed E-state index contributed by atoms with van der Waals surface area (Å²) in [5.74, 6) is -1.34. The van der Waals surface area contributed by atoms with Crippen LogP contribution in [0, 0.1) is 13.8 Å². The largest absolute Gasteiger partial charge is 0.574 e. The molecule has 28 heavy (non-hydrogen) atoms. The van der Waals surface area contributed by atoms with Crippen LogP contribution in [0.2, 0.25) is 5.02 Å². The van der Waals surface area contributed by atoms with Crippen LogP contribution in [0.3, 0.4) is 0 Å². The second kappa shape index (κ2) is 8.55. The number of alkyl halides is 3. The number of halogens is 4. The fraction of sp³-hybridized carbons (Fsp3) is 0.333. The third kappa shape index (κ3) is 5.41. The van der Waals surface area contributed by atoms with Gasteiger partial charge in [-0.2, -0.15) is 0 Å². The summed E-state index contributed by atoms with van der Waals surface area (Å²) in [6.45, 7) is 5.16. The van der Waals surface area contributed by atoms with E-state index in [0.717, 1.165) is 6.07 Å². The van der Waals surface area contributed by atoms with E-state index >= 15 is 0 Å². The molecule has 1 aromatic heterocycles. The number of pyridine rings is 1. The SMILES string of the molecule is CCNc1cc(Cl)cc(C(=O)NCc2c(OC(F)(F)F)[nH]c(C)cc2=O)c1C. The Hall–Kier alpha value is -2.68. The van der Waals surface area contributed by atoms with Crippen LogP contribution in [0.25, 0.3) is 0 Å². The van der Waals surface area contributed by atoms with Gasteiger partial charge in [0.2, 0.25) is 5.88 Å². The summed E-state index contributed by atoms with van der Waals surface area (Å²) in [4.78, 5) is 27.0. The molecule has 0 atom stereocenters. The standard InChI is InChI=1S/C18H19ClF3N3O3/c1-4-23-14-7-11(19)6-12(10(14)3)16(27)24-8-13-15(26)5-9(2)25-17(13)28-18(20,21)22/h5-7,23H,4,8H2,1-3H3,(H,24,27)(H,25,26). The maximum Gasteiger partial charge on any atom is 0.574 e. The number of rotatable bonds is 6. The smallest absolute Gasteiger partial charge is 0.389 e. The van der Waals surface area contributed by atoms with Crippen molar-refractivity contribution in [2.45, 2.75) is 33.7 Å². The molecule has 0 aliphatic heterocycles. The van der Waals surface area contributed by atoms with Crippen LogP contribution in [0.1, 0.15) is 34.1 Å². The van der Waals surface area contributed by atoms with Gasteiger partial charge in [0.1, 0.15) is 0 Å². The highest BCUT2D eigenvalue weighted by molar-refractivity contribution is 6.31. The topological polar surface area (TPSA) is 83.2 Å². The minimum Gasteiger partial charge on any atom is -0.389 e. The molecule has 1 amide bonds. The van der Waals surface area contributed by atoms with Crippen molar-refractivity contribution in [1.82, 2.24) is 10.3 Å². The third-order valence-corrected chi connectivity index (χ3v) is 4.08. The van der Waals surface area contributed by atoms with E-state index in [-0.39, 0.29) is 16.8 Å². The normalized spacial score (nSPS) is 11.2. The van der Waals surface area contributed by atoms with E-state index in [1.807, 2.05) is 6.92 Å². The van der Waals surface area contributed by atoms with Crippen molar-refractivity contribution in [3.05, 3.63) is 55.8 Å². The number of ether oxygens (including phenoxy) is 1. The van der Waals surface area contributed by atoms with Gasteiger partial charge >= 0.3 is 6.36 Å². The number of hydrogen-bond acceptors (Lipinski definition) is 4. The van der Waals surface area contributed by atoms with Crippen molar-refractivity contribution in [2.24, 2.45) is 0 Å². The minimum absolute atomic E-state index is 0.195. The van der Waals surface area contributed by atoms with Gasteiger partial charge in [-0.05, 0) is 38.5 Å². The van der Waals surface area contributed by atoms with Gasteiger partial charge in [0.25, 0.3) is 5.91 Å². The highest BCUT2D eigenvalue weighted by atomic mass is 35.5. The Bertz CT molecular complexity index is 942. The van der Waals surface area contributed by atoms with E-state index < -0.39 is 30.1 Å². The molecule has 0 aliphatic carbocycles. The van der Waals surface area contributed by atoms with Gasteiger partial charge in [0.05, 0.1) is 12.1 Å². The molecule has 1 heterocycles. The van der Waals surface area contributed by atoms with Gasteiger partial charge in [-0.15, -0.1) is 13.2 Å². The highest BCUT2D eigenvalue weighted by Crippen LogP contribution is 2.26. The molecule has 1 aromatic carbocycles. The number of carbonyl (C=O) groups is 1. The van der Waals surface area contributed by atoms with E-state index in [9.17, 15) is 22.8 Å². The molecule has 0 fully saturated rings. The molecular formula is C18H19ClF3N3O3. The molecule has 0 bridgehead atoms. The first-order chi connectivity index (χ1) is 13.0. The summed E-state index contributed by atoms with van der Waals surface area (Å²) in [6.07, 6.45) is -4.99. The zero-order valence-corrected chi connectivity index (χ0v) is 16.1. The quantitative estimate of drug-likeness (QED) is 0.665. The molecule has 2 aromatic rings. The second-order valence-corrected chi connectivity index (χ2v) is 6.45. The average Bonchev–Trinajstić information content (AvgIpc) is 2.55. The van der Waals surface area contributed by atoms with Crippen LogP contribution >= 0.6 is 11.6 Å². The zero-order chi connectivity index (χ0) is 21.1. The number of benzene rings is 1.